The molecular weight excluding hydrogens is 310 g/mol. The molecule has 0 aliphatic heterocycles. The van der Waals surface area contributed by atoms with Crippen LogP contribution in [0.5, 0.6) is 5.75 Å². The number of carboxylic acid groups (broad SMARTS) is 1. The summed E-state index contributed by atoms with van der Waals surface area (Å²) in [6, 6.07) is 9.35. The van der Waals surface area contributed by atoms with E-state index in [0.29, 0.717) is 17.3 Å². The molecule has 0 aliphatic carbocycles. The molecule has 0 atom stereocenters. The summed E-state index contributed by atoms with van der Waals surface area (Å²) in [6.45, 7) is 1.66. The normalized spacial score (nSPS) is 10.7. The minimum atomic E-state index is -1.07. The van der Waals surface area contributed by atoms with Gasteiger partial charge >= 0.3 is 5.97 Å². The summed E-state index contributed by atoms with van der Waals surface area (Å²) in [5.74, 6) is -0.154. The maximum absolute atomic E-state index is 12.0. The van der Waals surface area contributed by atoms with E-state index in [4.69, 9.17) is 9.84 Å². The van der Waals surface area contributed by atoms with Gasteiger partial charge < -0.3 is 14.8 Å². The standard InChI is InChI=1S/C17H15N3O4/c1-10-12(8-15(21)22)17(23)20-14(19-10)9-24-13-6-2-4-11-5-3-7-18-16(11)13/h2-7H,8-9H2,1H3,(H,21,22)(H,19,20,23). The van der Waals surface area contributed by atoms with Gasteiger partial charge in [-0.25, -0.2) is 4.98 Å². The van der Waals surface area contributed by atoms with E-state index in [2.05, 4.69) is 15.0 Å². The maximum Gasteiger partial charge on any atom is 0.308 e. The summed E-state index contributed by atoms with van der Waals surface area (Å²) in [5, 5.41) is 9.77. The molecule has 2 heterocycles. The zero-order valence-corrected chi connectivity index (χ0v) is 12.9. The number of ether oxygens (including phenoxy) is 1. The lowest BCUT2D eigenvalue weighted by Crippen LogP contribution is -2.22. The fraction of sp³-hybridized carbons (Fsp3) is 0.176. The highest BCUT2D eigenvalue weighted by Crippen LogP contribution is 2.23. The number of carboxylic acids is 1. The number of aromatic amines is 1. The molecular formula is C17H15N3O4. The number of para-hydroxylation sites is 1. The van der Waals surface area contributed by atoms with Crippen LogP contribution in [0.25, 0.3) is 10.9 Å². The van der Waals surface area contributed by atoms with Gasteiger partial charge in [0.05, 0.1) is 6.42 Å². The molecule has 0 bridgehead atoms. The van der Waals surface area contributed by atoms with Crippen LogP contribution in [0.1, 0.15) is 17.1 Å². The van der Waals surface area contributed by atoms with Crippen molar-refractivity contribution in [1.82, 2.24) is 15.0 Å². The van der Waals surface area contributed by atoms with E-state index in [0.717, 1.165) is 10.9 Å². The van der Waals surface area contributed by atoms with Crippen LogP contribution in [-0.2, 0) is 17.8 Å². The Hall–Kier alpha value is -3.22. The van der Waals surface area contributed by atoms with E-state index in [1.165, 1.54) is 0 Å². The van der Waals surface area contributed by atoms with Crippen molar-refractivity contribution in [2.24, 2.45) is 0 Å². The molecule has 7 nitrogen and oxygen atoms in total. The van der Waals surface area contributed by atoms with Crippen molar-refractivity contribution >= 4 is 16.9 Å². The Labute approximate surface area is 137 Å². The number of rotatable bonds is 5. The Morgan fingerprint density at radius 2 is 2.08 bits per heavy atom. The number of aliphatic carboxylic acids is 1. The number of pyridine rings is 1. The first-order valence-electron chi connectivity index (χ1n) is 7.31. The first kappa shape index (κ1) is 15.7. The van der Waals surface area contributed by atoms with Crippen LogP contribution in [0.3, 0.4) is 0 Å². The van der Waals surface area contributed by atoms with Gasteiger partial charge in [-0.15, -0.1) is 0 Å². The van der Waals surface area contributed by atoms with Gasteiger partial charge in [0.1, 0.15) is 23.7 Å². The number of aromatic nitrogens is 3. The first-order valence-corrected chi connectivity index (χ1v) is 7.31. The fourth-order valence-electron chi connectivity index (χ4n) is 2.44. The summed E-state index contributed by atoms with van der Waals surface area (Å²) in [6.07, 6.45) is 1.32. The van der Waals surface area contributed by atoms with Crippen LogP contribution < -0.4 is 10.3 Å². The molecule has 1 aromatic carbocycles. The first-order chi connectivity index (χ1) is 11.5. The van der Waals surface area contributed by atoms with Crippen molar-refractivity contribution in [3.63, 3.8) is 0 Å². The van der Waals surface area contributed by atoms with E-state index < -0.39 is 11.5 Å². The molecule has 0 aliphatic rings. The highest BCUT2D eigenvalue weighted by molar-refractivity contribution is 5.84. The summed E-state index contributed by atoms with van der Waals surface area (Å²) >= 11 is 0. The number of nitrogens with one attached hydrogen (secondary N) is 1. The minimum absolute atomic E-state index is 0.0547. The molecule has 122 valence electrons. The molecule has 2 aromatic heterocycles. The Kier molecular flexibility index (Phi) is 4.24. The average molecular weight is 325 g/mol. The van der Waals surface area contributed by atoms with Gasteiger partial charge in [0.2, 0.25) is 0 Å². The highest BCUT2D eigenvalue weighted by atomic mass is 16.5. The molecule has 0 saturated carbocycles. The van der Waals surface area contributed by atoms with Crippen LogP contribution in [0.15, 0.2) is 41.3 Å². The van der Waals surface area contributed by atoms with Crippen LogP contribution in [0, 0.1) is 6.92 Å². The molecule has 0 unspecified atom stereocenters. The smallest absolute Gasteiger partial charge is 0.308 e. The van der Waals surface area contributed by atoms with Crippen molar-refractivity contribution in [1.29, 1.82) is 0 Å². The number of aryl methyl sites for hydroxylation is 1. The molecule has 2 N–H and O–H groups in total. The Morgan fingerprint density at radius 3 is 2.83 bits per heavy atom. The van der Waals surface area contributed by atoms with Gasteiger partial charge in [-0.1, -0.05) is 18.2 Å². The Balaban J connectivity index is 1.84. The average Bonchev–Trinajstić information content (AvgIpc) is 2.56. The molecule has 24 heavy (non-hydrogen) atoms. The molecule has 0 spiro atoms. The predicted octanol–water partition coefficient (Wildman–Crippen LogP) is 1.83. The molecule has 3 rings (SSSR count). The second-order valence-electron chi connectivity index (χ2n) is 5.27. The third kappa shape index (κ3) is 3.24. The number of carbonyl (C=O) groups is 1. The SMILES string of the molecule is Cc1nc(COc2cccc3cccnc23)[nH]c(=O)c1CC(=O)O. The third-order valence-electron chi connectivity index (χ3n) is 3.56. The van der Waals surface area contributed by atoms with E-state index in [1.807, 2.05) is 24.3 Å². The van der Waals surface area contributed by atoms with Crippen LogP contribution >= 0.6 is 0 Å². The van der Waals surface area contributed by atoms with E-state index in [-0.39, 0.29) is 18.6 Å². The van der Waals surface area contributed by atoms with Crippen molar-refractivity contribution in [3.05, 3.63) is 64.0 Å². The van der Waals surface area contributed by atoms with Crippen LogP contribution in [0.2, 0.25) is 0 Å². The molecule has 0 amide bonds. The second-order valence-corrected chi connectivity index (χ2v) is 5.27. The van der Waals surface area contributed by atoms with Gasteiger partial charge in [-0.2, -0.15) is 0 Å². The second kappa shape index (κ2) is 6.49. The minimum Gasteiger partial charge on any atom is -0.483 e. The van der Waals surface area contributed by atoms with Gasteiger partial charge in [-0.05, 0) is 19.1 Å². The van der Waals surface area contributed by atoms with Gasteiger partial charge in [0, 0.05) is 22.8 Å². The number of fused-ring (bicyclic) bond motifs is 1. The zero-order chi connectivity index (χ0) is 17.1. The zero-order valence-electron chi connectivity index (χ0n) is 12.9. The summed E-state index contributed by atoms with van der Waals surface area (Å²) in [7, 11) is 0. The lowest BCUT2D eigenvalue weighted by Gasteiger charge is -2.09. The fourth-order valence-corrected chi connectivity index (χ4v) is 2.44. The molecule has 7 heteroatoms. The molecule has 3 aromatic rings. The van der Waals surface area contributed by atoms with Crippen LogP contribution in [-0.4, -0.2) is 26.0 Å². The topological polar surface area (TPSA) is 105 Å². The lowest BCUT2D eigenvalue weighted by molar-refractivity contribution is -0.136. The molecule has 0 fully saturated rings. The lowest BCUT2D eigenvalue weighted by atomic mass is 10.2. The highest BCUT2D eigenvalue weighted by Gasteiger charge is 2.12. The largest absolute Gasteiger partial charge is 0.483 e. The van der Waals surface area contributed by atoms with Crippen molar-refractivity contribution in [3.8, 4) is 5.75 Å². The molecule has 0 radical (unpaired) electrons. The predicted molar refractivity (Wildman–Crippen MR) is 87.0 cm³/mol. The summed E-state index contributed by atoms with van der Waals surface area (Å²) < 4.78 is 5.72. The van der Waals surface area contributed by atoms with Crippen LogP contribution in [0.4, 0.5) is 0 Å². The summed E-state index contributed by atoms with van der Waals surface area (Å²) in [4.78, 5) is 33.8. The number of nitrogens with zero attached hydrogens (tertiary/aromatic N) is 2. The van der Waals surface area contributed by atoms with E-state index >= 15 is 0 Å². The Bertz CT molecular complexity index is 960. The number of H-pyrrole nitrogens is 1. The number of hydrogen-bond acceptors (Lipinski definition) is 5. The molecule has 0 saturated heterocycles. The third-order valence-corrected chi connectivity index (χ3v) is 3.56. The van der Waals surface area contributed by atoms with Gasteiger partial charge in [0.25, 0.3) is 5.56 Å². The monoisotopic (exact) mass is 325 g/mol. The summed E-state index contributed by atoms with van der Waals surface area (Å²) in [5.41, 5.74) is 0.801. The number of hydrogen-bond donors (Lipinski definition) is 2. The van der Waals surface area contributed by atoms with Crippen molar-refractivity contribution < 1.29 is 14.6 Å². The van der Waals surface area contributed by atoms with Gasteiger partial charge in [0.15, 0.2) is 0 Å². The number of benzene rings is 1. The van der Waals surface area contributed by atoms with Gasteiger partial charge in [-0.3, -0.25) is 14.6 Å². The van der Waals surface area contributed by atoms with Crippen molar-refractivity contribution in [2.75, 3.05) is 0 Å². The van der Waals surface area contributed by atoms with Crippen molar-refractivity contribution in [2.45, 2.75) is 20.0 Å². The Morgan fingerprint density at radius 1 is 1.29 bits per heavy atom. The van der Waals surface area contributed by atoms with E-state index in [9.17, 15) is 9.59 Å². The quantitative estimate of drug-likeness (QED) is 0.741. The maximum atomic E-state index is 12.0. The van der Waals surface area contributed by atoms with E-state index in [1.54, 1.807) is 19.2 Å².